The van der Waals surface area contributed by atoms with E-state index >= 15 is 0 Å². The number of carboxylic acids is 1. The van der Waals surface area contributed by atoms with E-state index in [2.05, 4.69) is 22.6 Å². The maximum Gasteiger partial charge on any atom is 0.307 e. The Balaban J connectivity index is 2.93. The first-order valence-corrected chi connectivity index (χ1v) is 4.71. The van der Waals surface area contributed by atoms with Crippen molar-refractivity contribution in [3.8, 4) is 0 Å². The van der Waals surface area contributed by atoms with Crippen LogP contribution in [-0.2, 0) is 11.2 Å². The highest BCUT2D eigenvalue weighted by molar-refractivity contribution is 14.1. The molecule has 64 valence electrons. The molecule has 1 aromatic rings. The summed E-state index contributed by atoms with van der Waals surface area (Å²) < 4.78 is 0.891. The van der Waals surface area contributed by atoms with Crippen LogP contribution >= 0.6 is 34.2 Å². The molecule has 4 heteroatoms. The van der Waals surface area contributed by atoms with E-state index in [1.54, 1.807) is 18.2 Å². The van der Waals surface area contributed by atoms with Gasteiger partial charge in [0, 0.05) is 8.59 Å². The van der Waals surface area contributed by atoms with Gasteiger partial charge in [0.05, 0.1) is 6.42 Å². The van der Waals surface area contributed by atoms with Crippen molar-refractivity contribution in [2.45, 2.75) is 6.42 Å². The van der Waals surface area contributed by atoms with Crippen LogP contribution in [0.5, 0.6) is 0 Å². The summed E-state index contributed by atoms with van der Waals surface area (Å²) in [5.41, 5.74) is 0.799. The molecule has 0 bridgehead atoms. The van der Waals surface area contributed by atoms with Gasteiger partial charge in [-0.05, 0) is 40.3 Å². The van der Waals surface area contributed by atoms with Gasteiger partial charge in [-0.25, -0.2) is 0 Å². The molecule has 0 aliphatic heterocycles. The summed E-state index contributed by atoms with van der Waals surface area (Å²) >= 11 is 7.77. The van der Waals surface area contributed by atoms with E-state index in [-0.39, 0.29) is 6.42 Å². The molecule has 0 aliphatic carbocycles. The summed E-state index contributed by atoms with van der Waals surface area (Å²) in [6, 6.07) is 5.18. The summed E-state index contributed by atoms with van der Waals surface area (Å²) in [6.45, 7) is 0. The van der Waals surface area contributed by atoms with Crippen LogP contribution in [0.15, 0.2) is 18.2 Å². The van der Waals surface area contributed by atoms with Crippen molar-refractivity contribution in [3.63, 3.8) is 0 Å². The van der Waals surface area contributed by atoms with Crippen LogP contribution in [0.3, 0.4) is 0 Å². The van der Waals surface area contributed by atoms with E-state index < -0.39 is 5.97 Å². The van der Waals surface area contributed by atoms with E-state index in [0.717, 1.165) is 9.13 Å². The van der Waals surface area contributed by atoms with Crippen LogP contribution in [0.2, 0.25) is 5.02 Å². The van der Waals surface area contributed by atoms with Crippen LogP contribution in [0.4, 0.5) is 0 Å². The number of benzene rings is 1. The monoisotopic (exact) mass is 296 g/mol. The normalized spacial score (nSPS) is 9.83. The second-order valence-electron chi connectivity index (χ2n) is 2.31. The Bertz CT molecular complexity index is 312. The zero-order chi connectivity index (χ0) is 9.14. The lowest BCUT2D eigenvalue weighted by Gasteiger charge is -2.00. The van der Waals surface area contributed by atoms with E-state index in [9.17, 15) is 4.79 Å². The largest absolute Gasteiger partial charge is 0.481 e. The summed E-state index contributed by atoms with van der Waals surface area (Å²) in [6.07, 6.45) is 0.0510. The molecule has 0 saturated heterocycles. The molecule has 0 fully saturated rings. The predicted octanol–water partition coefficient (Wildman–Crippen LogP) is 2.57. The minimum Gasteiger partial charge on any atom is -0.481 e. The highest BCUT2D eigenvalue weighted by atomic mass is 127. The minimum atomic E-state index is -0.824. The molecule has 1 aromatic carbocycles. The zero-order valence-electron chi connectivity index (χ0n) is 6.05. The lowest BCUT2D eigenvalue weighted by molar-refractivity contribution is -0.136. The van der Waals surface area contributed by atoms with Gasteiger partial charge in [0.15, 0.2) is 0 Å². The summed E-state index contributed by atoms with van der Waals surface area (Å²) in [5, 5.41) is 9.16. The van der Waals surface area contributed by atoms with Crippen LogP contribution < -0.4 is 0 Å². The first-order valence-electron chi connectivity index (χ1n) is 3.25. The second-order valence-corrected chi connectivity index (χ2v) is 3.90. The van der Waals surface area contributed by atoms with Crippen molar-refractivity contribution in [2.75, 3.05) is 0 Å². The Morgan fingerprint density at radius 1 is 1.58 bits per heavy atom. The number of halogens is 2. The maximum atomic E-state index is 10.4. The number of aliphatic carboxylic acids is 1. The average Bonchev–Trinajstić information content (AvgIpc) is 1.94. The molecule has 12 heavy (non-hydrogen) atoms. The Labute approximate surface area is 88.7 Å². The third-order valence-corrected chi connectivity index (χ3v) is 2.60. The standard InChI is InChI=1S/C8H6ClIO2/c9-6-2-1-5(3-8(11)12)7(10)4-6/h1-2,4H,3H2,(H,11,12). The SMILES string of the molecule is O=C(O)Cc1ccc(Cl)cc1I. The van der Waals surface area contributed by atoms with Crippen molar-refractivity contribution >= 4 is 40.2 Å². The summed E-state index contributed by atoms with van der Waals surface area (Å²) in [5.74, 6) is -0.824. The van der Waals surface area contributed by atoms with Gasteiger partial charge in [0.2, 0.25) is 0 Å². The molecule has 0 unspecified atom stereocenters. The zero-order valence-corrected chi connectivity index (χ0v) is 8.96. The lowest BCUT2D eigenvalue weighted by Crippen LogP contribution is -2.01. The molecule has 0 aromatic heterocycles. The lowest BCUT2D eigenvalue weighted by atomic mass is 10.2. The number of hydrogen-bond donors (Lipinski definition) is 1. The van der Waals surface area contributed by atoms with E-state index in [1.165, 1.54) is 0 Å². The molecule has 1 N–H and O–H groups in total. The third-order valence-electron chi connectivity index (χ3n) is 1.36. The number of rotatable bonds is 2. The molecule has 1 rings (SSSR count). The highest BCUT2D eigenvalue weighted by Gasteiger charge is 2.04. The van der Waals surface area contributed by atoms with Crippen LogP contribution in [0.1, 0.15) is 5.56 Å². The van der Waals surface area contributed by atoms with Crippen molar-refractivity contribution < 1.29 is 9.90 Å². The number of carboxylic acid groups (broad SMARTS) is 1. The second kappa shape index (κ2) is 4.09. The third kappa shape index (κ3) is 2.64. The first kappa shape index (κ1) is 9.80. The average molecular weight is 296 g/mol. The molecular formula is C8H6ClIO2. The van der Waals surface area contributed by atoms with Gasteiger partial charge >= 0.3 is 5.97 Å². The molecule has 0 amide bonds. The van der Waals surface area contributed by atoms with Gasteiger partial charge in [-0.1, -0.05) is 17.7 Å². The summed E-state index contributed by atoms with van der Waals surface area (Å²) in [4.78, 5) is 10.4. The van der Waals surface area contributed by atoms with Gasteiger partial charge in [0.1, 0.15) is 0 Å². The molecule has 0 aliphatic rings. The quantitative estimate of drug-likeness (QED) is 0.852. The molecule has 0 saturated carbocycles. The Morgan fingerprint density at radius 2 is 2.25 bits per heavy atom. The molecule has 0 spiro atoms. The van der Waals surface area contributed by atoms with Crippen LogP contribution in [-0.4, -0.2) is 11.1 Å². The molecule has 0 radical (unpaired) electrons. The minimum absolute atomic E-state index is 0.0510. The van der Waals surface area contributed by atoms with E-state index in [1.807, 2.05) is 0 Å². The van der Waals surface area contributed by atoms with Crippen molar-refractivity contribution in [3.05, 3.63) is 32.4 Å². The van der Waals surface area contributed by atoms with Crippen LogP contribution in [0, 0.1) is 3.57 Å². The summed E-state index contributed by atoms with van der Waals surface area (Å²) in [7, 11) is 0. The predicted molar refractivity (Wildman–Crippen MR) is 55.5 cm³/mol. The maximum absolute atomic E-state index is 10.4. The Morgan fingerprint density at radius 3 is 2.75 bits per heavy atom. The molecular weight excluding hydrogens is 290 g/mol. The van der Waals surface area contributed by atoms with Gasteiger partial charge in [0.25, 0.3) is 0 Å². The van der Waals surface area contributed by atoms with E-state index in [0.29, 0.717) is 5.02 Å². The first-order chi connectivity index (χ1) is 5.59. The van der Waals surface area contributed by atoms with Gasteiger partial charge in [-0.3, -0.25) is 4.79 Å². The molecule has 0 heterocycles. The fraction of sp³-hybridized carbons (Fsp3) is 0.125. The molecule has 0 atom stereocenters. The van der Waals surface area contributed by atoms with Crippen molar-refractivity contribution in [2.24, 2.45) is 0 Å². The van der Waals surface area contributed by atoms with Gasteiger partial charge in [-0.15, -0.1) is 0 Å². The number of hydrogen-bond acceptors (Lipinski definition) is 1. The fourth-order valence-corrected chi connectivity index (χ4v) is 1.89. The Kier molecular flexibility index (Phi) is 3.34. The smallest absolute Gasteiger partial charge is 0.307 e. The van der Waals surface area contributed by atoms with Crippen molar-refractivity contribution in [1.82, 2.24) is 0 Å². The topological polar surface area (TPSA) is 37.3 Å². The number of carbonyl (C=O) groups is 1. The van der Waals surface area contributed by atoms with Gasteiger partial charge in [-0.2, -0.15) is 0 Å². The van der Waals surface area contributed by atoms with E-state index in [4.69, 9.17) is 16.7 Å². The Hall–Kier alpha value is -0.290. The molecule has 2 nitrogen and oxygen atoms in total. The highest BCUT2D eigenvalue weighted by Crippen LogP contribution is 2.18. The van der Waals surface area contributed by atoms with Crippen LogP contribution in [0.25, 0.3) is 0 Å². The fourth-order valence-electron chi connectivity index (χ4n) is 0.828. The van der Waals surface area contributed by atoms with Crippen molar-refractivity contribution in [1.29, 1.82) is 0 Å². The van der Waals surface area contributed by atoms with Gasteiger partial charge < -0.3 is 5.11 Å².